The number of hydrogen-bond acceptors (Lipinski definition) is 5. The van der Waals surface area contributed by atoms with E-state index < -0.39 is 0 Å². The molecule has 0 saturated carbocycles. The predicted molar refractivity (Wildman–Crippen MR) is 72.5 cm³/mol. The molecule has 2 heterocycles. The third kappa shape index (κ3) is 3.51. The van der Waals surface area contributed by atoms with Crippen LogP contribution >= 0.6 is 11.8 Å². The van der Waals surface area contributed by atoms with Gasteiger partial charge in [0.25, 0.3) is 0 Å². The van der Waals surface area contributed by atoms with Crippen LogP contribution in [0.2, 0.25) is 0 Å². The van der Waals surface area contributed by atoms with Crippen LogP contribution in [0, 0.1) is 0 Å². The van der Waals surface area contributed by atoms with Crippen molar-refractivity contribution in [2.75, 3.05) is 6.54 Å². The summed E-state index contributed by atoms with van der Waals surface area (Å²) in [6.07, 6.45) is 7.00. The minimum Gasteiger partial charge on any atom is -0.310 e. The molecule has 0 saturated heterocycles. The number of nitrogens with zero attached hydrogens (tertiary/aromatic N) is 3. The standard InChI is InChI=1S/C13H16N4S/c1-3-15-10(2)11-4-5-12(17-8-11)18-13-9-14-6-7-16-13/h4-10,15H,3H2,1-2H3. The fourth-order valence-corrected chi connectivity index (χ4v) is 2.26. The highest BCUT2D eigenvalue weighted by Gasteiger charge is 2.05. The van der Waals surface area contributed by atoms with E-state index in [1.54, 1.807) is 18.6 Å². The molecule has 1 atom stereocenters. The highest BCUT2D eigenvalue weighted by molar-refractivity contribution is 7.99. The van der Waals surface area contributed by atoms with Gasteiger partial charge >= 0.3 is 0 Å². The number of nitrogens with one attached hydrogen (secondary N) is 1. The molecule has 2 aromatic heterocycles. The van der Waals surface area contributed by atoms with Crippen LogP contribution in [0.25, 0.3) is 0 Å². The third-order valence-corrected chi connectivity index (χ3v) is 3.39. The first kappa shape index (κ1) is 13.0. The normalized spacial score (nSPS) is 12.3. The first-order valence-corrected chi connectivity index (χ1v) is 6.74. The van der Waals surface area contributed by atoms with Crippen molar-refractivity contribution >= 4 is 11.8 Å². The quantitative estimate of drug-likeness (QED) is 0.895. The summed E-state index contributed by atoms with van der Waals surface area (Å²) in [5, 5.41) is 5.15. The second-order valence-corrected chi connectivity index (χ2v) is 4.90. The SMILES string of the molecule is CCNC(C)c1ccc(Sc2cnccn2)nc1. The van der Waals surface area contributed by atoms with Gasteiger partial charge < -0.3 is 5.32 Å². The van der Waals surface area contributed by atoms with Gasteiger partial charge in [0.1, 0.15) is 10.1 Å². The maximum absolute atomic E-state index is 4.43. The van der Waals surface area contributed by atoms with E-state index in [-0.39, 0.29) is 0 Å². The molecule has 0 aliphatic carbocycles. The van der Waals surface area contributed by atoms with Crippen LogP contribution in [0.3, 0.4) is 0 Å². The Balaban J connectivity index is 2.04. The van der Waals surface area contributed by atoms with Crippen LogP contribution in [0.1, 0.15) is 25.5 Å². The first-order chi connectivity index (χ1) is 8.79. The summed E-state index contributed by atoms with van der Waals surface area (Å²) in [6.45, 7) is 5.19. The lowest BCUT2D eigenvalue weighted by Gasteiger charge is -2.12. The largest absolute Gasteiger partial charge is 0.310 e. The Morgan fingerprint density at radius 1 is 1.17 bits per heavy atom. The van der Waals surface area contributed by atoms with Gasteiger partial charge in [0.05, 0.1) is 6.20 Å². The fraction of sp³-hybridized carbons (Fsp3) is 0.308. The van der Waals surface area contributed by atoms with Gasteiger partial charge in [-0.15, -0.1) is 0 Å². The Morgan fingerprint density at radius 3 is 2.67 bits per heavy atom. The molecular weight excluding hydrogens is 244 g/mol. The molecular formula is C13H16N4S. The molecule has 1 N–H and O–H groups in total. The van der Waals surface area contributed by atoms with Crippen molar-refractivity contribution in [1.82, 2.24) is 20.3 Å². The monoisotopic (exact) mass is 260 g/mol. The predicted octanol–water partition coefficient (Wildman–Crippen LogP) is 2.69. The molecule has 0 aliphatic rings. The molecule has 2 rings (SSSR count). The highest BCUT2D eigenvalue weighted by Crippen LogP contribution is 2.23. The van der Waals surface area contributed by atoms with Crippen molar-refractivity contribution in [2.45, 2.75) is 29.9 Å². The van der Waals surface area contributed by atoms with Gasteiger partial charge in [-0.1, -0.05) is 13.0 Å². The Labute approximate surface area is 111 Å². The minimum atomic E-state index is 0.332. The topological polar surface area (TPSA) is 50.7 Å². The van der Waals surface area contributed by atoms with Crippen LogP contribution in [0.5, 0.6) is 0 Å². The lowest BCUT2D eigenvalue weighted by molar-refractivity contribution is 0.595. The van der Waals surface area contributed by atoms with Crippen molar-refractivity contribution in [1.29, 1.82) is 0 Å². The smallest absolute Gasteiger partial charge is 0.121 e. The van der Waals surface area contributed by atoms with Gasteiger partial charge in [-0.2, -0.15) is 0 Å². The third-order valence-electron chi connectivity index (χ3n) is 2.52. The van der Waals surface area contributed by atoms with Crippen molar-refractivity contribution in [2.24, 2.45) is 0 Å². The number of aromatic nitrogens is 3. The Kier molecular flexibility index (Phi) is 4.66. The van der Waals surface area contributed by atoms with E-state index in [1.807, 2.05) is 12.3 Å². The zero-order chi connectivity index (χ0) is 12.8. The second-order valence-electron chi connectivity index (χ2n) is 3.85. The lowest BCUT2D eigenvalue weighted by atomic mass is 10.1. The van der Waals surface area contributed by atoms with Gasteiger partial charge in [0, 0.05) is 24.6 Å². The average molecular weight is 260 g/mol. The van der Waals surface area contributed by atoms with Gasteiger partial charge in [0.2, 0.25) is 0 Å². The van der Waals surface area contributed by atoms with E-state index >= 15 is 0 Å². The minimum absolute atomic E-state index is 0.332. The molecule has 0 amide bonds. The summed E-state index contributed by atoms with van der Waals surface area (Å²) in [6, 6.07) is 4.44. The molecule has 0 radical (unpaired) electrons. The van der Waals surface area contributed by atoms with Gasteiger partial charge in [-0.3, -0.25) is 4.98 Å². The average Bonchev–Trinajstić information content (AvgIpc) is 2.41. The Bertz CT molecular complexity index is 472. The summed E-state index contributed by atoms with van der Waals surface area (Å²) in [5.41, 5.74) is 1.19. The van der Waals surface area contributed by atoms with E-state index in [1.165, 1.54) is 17.3 Å². The summed E-state index contributed by atoms with van der Waals surface area (Å²) >= 11 is 1.52. The molecule has 1 unspecified atom stereocenters. The van der Waals surface area contributed by atoms with E-state index in [0.29, 0.717) is 6.04 Å². The van der Waals surface area contributed by atoms with Crippen molar-refractivity contribution in [3.8, 4) is 0 Å². The van der Waals surface area contributed by atoms with E-state index in [4.69, 9.17) is 0 Å². The van der Waals surface area contributed by atoms with Gasteiger partial charge in [-0.25, -0.2) is 9.97 Å². The molecule has 0 aliphatic heterocycles. The molecule has 2 aromatic rings. The zero-order valence-corrected chi connectivity index (χ0v) is 11.3. The summed E-state index contributed by atoms with van der Waals surface area (Å²) in [4.78, 5) is 12.7. The first-order valence-electron chi connectivity index (χ1n) is 5.92. The molecule has 0 fully saturated rings. The number of rotatable bonds is 5. The van der Waals surface area contributed by atoms with Crippen LogP contribution in [-0.4, -0.2) is 21.5 Å². The molecule has 0 spiro atoms. The molecule has 5 heteroatoms. The Hall–Kier alpha value is -1.46. The molecule has 0 bridgehead atoms. The van der Waals surface area contributed by atoms with Crippen molar-refractivity contribution in [3.63, 3.8) is 0 Å². The molecule has 94 valence electrons. The molecule has 0 aromatic carbocycles. The summed E-state index contributed by atoms with van der Waals surface area (Å²) in [7, 11) is 0. The van der Waals surface area contributed by atoms with E-state index in [2.05, 4.69) is 40.2 Å². The van der Waals surface area contributed by atoms with Crippen molar-refractivity contribution in [3.05, 3.63) is 42.5 Å². The number of hydrogen-bond donors (Lipinski definition) is 1. The van der Waals surface area contributed by atoms with Crippen LogP contribution in [0.15, 0.2) is 47.0 Å². The summed E-state index contributed by atoms with van der Waals surface area (Å²) < 4.78 is 0. The maximum Gasteiger partial charge on any atom is 0.121 e. The van der Waals surface area contributed by atoms with E-state index in [9.17, 15) is 0 Å². The lowest BCUT2D eigenvalue weighted by Crippen LogP contribution is -2.17. The molecule has 4 nitrogen and oxygen atoms in total. The molecule has 18 heavy (non-hydrogen) atoms. The fourth-order valence-electron chi connectivity index (χ4n) is 1.58. The number of pyridine rings is 1. The highest BCUT2D eigenvalue weighted by atomic mass is 32.2. The van der Waals surface area contributed by atoms with Gasteiger partial charge in [-0.05, 0) is 36.9 Å². The summed E-state index contributed by atoms with van der Waals surface area (Å²) in [5.74, 6) is 0. The zero-order valence-electron chi connectivity index (χ0n) is 10.5. The van der Waals surface area contributed by atoms with Crippen LogP contribution < -0.4 is 5.32 Å². The van der Waals surface area contributed by atoms with Crippen molar-refractivity contribution < 1.29 is 0 Å². The van der Waals surface area contributed by atoms with Crippen LogP contribution in [-0.2, 0) is 0 Å². The van der Waals surface area contributed by atoms with E-state index in [0.717, 1.165) is 16.6 Å². The second kappa shape index (κ2) is 6.47. The van der Waals surface area contributed by atoms with Crippen LogP contribution in [0.4, 0.5) is 0 Å². The maximum atomic E-state index is 4.43. The van der Waals surface area contributed by atoms with Gasteiger partial charge in [0.15, 0.2) is 0 Å². The Morgan fingerprint density at radius 2 is 2.06 bits per heavy atom.